The average molecular weight is 304 g/mol. The Hall–Kier alpha value is -1.49. The van der Waals surface area contributed by atoms with Crippen molar-refractivity contribution in [1.29, 1.82) is 5.26 Å². The molecule has 0 saturated carbocycles. The lowest BCUT2D eigenvalue weighted by molar-refractivity contribution is -0.236. The van der Waals surface area contributed by atoms with Gasteiger partial charge in [0.05, 0.1) is 12.7 Å². The van der Waals surface area contributed by atoms with Crippen molar-refractivity contribution in [3.05, 3.63) is 35.9 Å². The molecule has 0 unspecified atom stereocenters. The van der Waals surface area contributed by atoms with Crippen LogP contribution in [0.25, 0.3) is 0 Å². The molecule has 2 fully saturated rings. The predicted octanol–water partition coefficient (Wildman–Crippen LogP) is 1.30. The molecular formula is C16H20N2O4. The second kappa shape index (κ2) is 5.95. The molecule has 2 saturated heterocycles. The normalized spacial score (nSPS) is 34.1. The minimum atomic E-state index is -0.782. The third-order valence-corrected chi connectivity index (χ3v) is 3.81. The SMILES string of the molecule is CC1(C)O[C@@H]2[C@H](O1)[C@@H](OCc1ccccc1)O[C@@H]2[C@H](N)C#N. The number of benzene rings is 1. The minimum absolute atomic E-state index is 0.386. The molecule has 2 aliphatic rings. The van der Waals surface area contributed by atoms with E-state index >= 15 is 0 Å². The summed E-state index contributed by atoms with van der Waals surface area (Å²) in [4.78, 5) is 0. The molecule has 0 spiro atoms. The number of ether oxygens (including phenoxy) is 4. The molecule has 0 aliphatic carbocycles. The first-order chi connectivity index (χ1) is 10.5. The van der Waals surface area contributed by atoms with Gasteiger partial charge < -0.3 is 24.7 Å². The number of hydrogen-bond acceptors (Lipinski definition) is 6. The van der Waals surface area contributed by atoms with Crippen LogP contribution >= 0.6 is 0 Å². The molecule has 1 aromatic rings. The maximum atomic E-state index is 9.05. The quantitative estimate of drug-likeness (QED) is 0.902. The molecule has 3 rings (SSSR count). The van der Waals surface area contributed by atoms with Gasteiger partial charge >= 0.3 is 0 Å². The second-order valence-corrected chi connectivity index (χ2v) is 5.99. The van der Waals surface area contributed by atoms with E-state index in [2.05, 4.69) is 0 Å². The Morgan fingerprint density at radius 3 is 2.64 bits per heavy atom. The predicted molar refractivity (Wildman–Crippen MR) is 77.3 cm³/mol. The highest BCUT2D eigenvalue weighted by Crippen LogP contribution is 2.40. The van der Waals surface area contributed by atoms with Crippen molar-refractivity contribution in [3.63, 3.8) is 0 Å². The van der Waals surface area contributed by atoms with Crippen LogP contribution in [0.1, 0.15) is 19.4 Å². The lowest BCUT2D eigenvalue weighted by Gasteiger charge is -2.24. The fourth-order valence-electron chi connectivity index (χ4n) is 2.84. The fraction of sp³-hybridized carbons (Fsp3) is 0.562. The van der Waals surface area contributed by atoms with Crippen molar-refractivity contribution in [2.75, 3.05) is 0 Å². The Labute approximate surface area is 129 Å². The summed E-state index contributed by atoms with van der Waals surface area (Å²) in [5.74, 6) is -0.735. The first-order valence-electron chi connectivity index (χ1n) is 7.32. The highest BCUT2D eigenvalue weighted by Gasteiger charge is 2.57. The molecule has 6 nitrogen and oxygen atoms in total. The lowest BCUT2D eigenvalue weighted by atomic mass is 10.1. The Morgan fingerprint density at radius 1 is 1.27 bits per heavy atom. The van der Waals surface area contributed by atoms with Gasteiger partial charge in [0.15, 0.2) is 12.1 Å². The van der Waals surface area contributed by atoms with Gasteiger partial charge in [-0.15, -0.1) is 0 Å². The summed E-state index contributed by atoms with van der Waals surface area (Å²) < 4.78 is 23.3. The molecule has 2 N–H and O–H groups in total. The third-order valence-electron chi connectivity index (χ3n) is 3.81. The molecule has 2 aliphatic heterocycles. The Bertz CT molecular complexity index is 557. The molecule has 118 valence electrons. The summed E-state index contributed by atoms with van der Waals surface area (Å²) in [5.41, 5.74) is 6.85. The zero-order chi connectivity index (χ0) is 15.7. The summed E-state index contributed by atoms with van der Waals surface area (Å²) >= 11 is 0. The summed E-state index contributed by atoms with van der Waals surface area (Å²) in [7, 11) is 0. The maximum absolute atomic E-state index is 9.05. The number of fused-ring (bicyclic) bond motifs is 1. The van der Waals surface area contributed by atoms with Crippen LogP contribution in [0.5, 0.6) is 0 Å². The first-order valence-corrected chi connectivity index (χ1v) is 7.32. The van der Waals surface area contributed by atoms with Gasteiger partial charge in [-0.2, -0.15) is 5.26 Å². The van der Waals surface area contributed by atoms with E-state index in [1.165, 1.54) is 0 Å². The van der Waals surface area contributed by atoms with Crippen LogP contribution in [0.3, 0.4) is 0 Å². The van der Waals surface area contributed by atoms with Crippen LogP contribution in [-0.2, 0) is 25.6 Å². The molecule has 0 amide bonds. The van der Waals surface area contributed by atoms with E-state index in [0.717, 1.165) is 5.56 Å². The topological polar surface area (TPSA) is 86.7 Å². The number of nitrogens with two attached hydrogens (primary N) is 1. The van der Waals surface area contributed by atoms with Crippen LogP contribution in [0.15, 0.2) is 30.3 Å². The summed E-state index contributed by atoms with van der Waals surface area (Å²) in [6.07, 6.45) is -1.94. The molecule has 1 aromatic carbocycles. The van der Waals surface area contributed by atoms with E-state index in [1.807, 2.05) is 50.2 Å². The molecule has 5 atom stereocenters. The van der Waals surface area contributed by atoms with Crippen LogP contribution in [0, 0.1) is 11.3 Å². The van der Waals surface area contributed by atoms with Crippen LogP contribution in [0.2, 0.25) is 0 Å². The van der Waals surface area contributed by atoms with Crippen molar-refractivity contribution in [2.24, 2.45) is 5.73 Å². The molecule has 0 aromatic heterocycles. The van der Waals surface area contributed by atoms with E-state index in [9.17, 15) is 0 Å². The summed E-state index contributed by atoms with van der Waals surface area (Å²) in [6.45, 7) is 4.05. The Kier molecular flexibility index (Phi) is 4.17. The van der Waals surface area contributed by atoms with Crippen LogP contribution < -0.4 is 5.73 Å². The number of rotatable bonds is 4. The molecule has 0 bridgehead atoms. The molecular weight excluding hydrogens is 284 g/mol. The second-order valence-electron chi connectivity index (χ2n) is 5.99. The molecule has 0 radical (unpaired) electrons. The zero-order valence-electron chi connectivity index (χ0n) is 12.6. The van der Waals surface area contributed by atoms with Crippen molar-refractivity contribution in [3.8, 4) is 6.07 Å². The number of hydrogen-bond donors (Lipinski definition) is 1. The van der Waals surface area contributed by atoms with E-state index in [1.54, 1.807) is 0 Å². The van der Waals surface area contributed by atoms with Crippen molar-refractivity contribution in [1.82, 2.24) is 0 Å². The van der Waals surface area contributed by atoms with Gasteiger partial charge in [-0.05, 0) is 19.4 Å². The van der Waals surface area contributed by atoms with Gasteiger partial charge in [0.2, 0.25) is 0 Å². The highest BCUT2D eigenvalue weighted by molar-refractivity contribution is 5.13. The van der Waals surface area contributed by atoms with Gasteiger partial charge in [0.1, 0.15) is 24.4 Å². The minimum Gasteiger partial charge on any atom is -0.345 e. The van der Waals surface area contributed by atoms with Crippen LogP contribution in [0.4, 0.5) is 0 Å². The van der Waals surface area contributed by atoms with Gasteiger partial charge in [-0.25, -0.2) is 0 Å². The first kappa shape index (κ1) is 15.4. The van der Waals surface area contributed by atoms with Gasteiger partial charge in [-0.1, -0.05) is 30.3 Å². The summed E-state index contributed by atoms with van der Waals surface area (Å²) in [6, 6.07) is 11.0. The highest BCUT2D eigenvalue weighted by atomic mass is 16.8. The standard InChI is InChI=1S/C16H20N2O4/c1-16(2)21-13-12(11(18)8-17)20-15(14(13)22-16)19-9-10-6-4-3-5-7-10/h3-7,11-15H,9,18H2,1-2H3/t11-,12-,13+,14+,15+/m1/s1. The van der Waals surface area contributed by atoms with E-state index in [4.69, 9.17) is 29.9 Å². The monoisotopic (exact) mass is 304 g/mol. The molecule has 2 heterocycles. The van der Waals surface area contributed by atoms with Gasteiger partial charge in [-0.3, -0.25) is 0 Å². The van der Waals surface area contributed by atoms with Crippen molar-refractivity contribution < 1.29 is 18.9 Å². The van der Waals surface area contributed by atoms with Crippen molar-refractivity contribution in [2.45, 2.75) is 56.9 Å². The Morgan fingerprint density at radius 2 is 1.95 bits per heavy atom. The Balaban J connectivity index is 1.70. The average Bonchev–Trinajstić information content (AvgIpc) is 2.99. The number of nitrogens with zero attached hydrogens (tertiary/aromatic N) is 1. The van der Waals surface area contributed by atoms with Gasteiger partial charge in [0.25, 0.3) is 0 Å². The van der Waals surface area contributed by atoms with Crippen molar-refractivity contribution >= 4 is 0 Å². The van der Waals surface area contributed by atoms with Crippen LogP contribution in [-0.4, -0.2) is 36.4 Å². The summed E-state index contributed by atoms with van der Waals surface area (Å²) in [5, 5.41) is 9.05. The fourth-order valence-corrected chi connectivity index (χ4v) is 2.84. The maximum Gasteiger partial charge on any atom is 0.187 e. The largest absolute Gasteiger partial charge is 0.345 e. The van der Waals surface area contributed by atoms with E-state index in [0.29, 0.717) is 6.61 Å². The third kappa shape index (κ3) is 3.00. The van der Waals surface area contributed by atoms with E-state index in [-0.39, 0.29) is 6.10 Å². The lowest BCUT2D eigenvalue weighted by Crippen LogP contribution is -2.42. The number of nitriles is 1. The smallest absolute Gasteiger partial charge is 0.187 e. The zero-order valence-corrected chi connectivity index (χ0v) is 12.6. The molecule has 22 heavy (non-hydrogen) atoms. The van der Waals surface area contributed by atoms with Gasteiger partial charge in [0, 0.05) is 0 Å². The molecule has 6 heteroatoms. The van der Waals surface area contributed by atoms with E-state index < -0.39 is 30.3 Å².